The first-order valence-corrected chi connectivity index (χ1v) is 7.36. The zero-order valence-corrected chi connectivity index (χ0v) is 12.9. The van der Waals surface area contributed by atoms with Gasteiger partial charge >= 0.3 is 5.97 Å². The number of carbonyl (C=O) groups excluding carboxylic acids is 1. The molecule has 0 atom stereocenters. The zero-order valence-electron chi connectivity index (χ0n) is 12.1. The number of hydrogen-bond acceptors (Lipinski definition) is 4. The summed E-state index contributed by atoms with van der Waals surface area (Å²) in [5.74, 6) is -1.57. The summed E-state index contributed by atoms with van der Waals surface area (Å²) in [4.78, 5) is 27.0. The molecule has 0 aliphatic rings. The highest BCUT2D eigenvalue weighted by molar-refractivity contribution is 7.99. The van der Waals surface area contributed by atoms with Crippen LogP contribution in [0.4, 0.5) is 0 Å². The van der Waals surface area contributed by atoms with E-state index in [1.54, 1.807) is 18.4 Å². The van der Waals surface area contributed by atoms with Gasteiger partial charge in [-0.25, -0.2) is 4.98 Å². The Balaban J connectivity index is 2.67. The molecule has 112 valence electrons. The van der Waals surface area contributed by atoms with E-state index in [0.717, 1.165) is 22.8 Å². The molecule has 0 fully saturated rings. The number of amides is 1. The number of benzene rings is 1. The minimum atomic E-state index is -0.997. The van der Waals surface area contributed by atoms with E-state index in [0.29, 0.717) is 10.7 Å². The number of primary amides is 1. The zero-order chi connectivity index (χ0) is 15.8. The standard InChI is InChI=1S/C14H17N3O3S/c1-8-4-5-9-10(6-8)17(14(2,3)12(15)20)13(16-9)21-7-11(18)19/h4-6H,7H2,1-3H3,(H2,15,20)(H,18,19). The van der Waals surface area contributed by atoms with Crippen molar-refractivity contribution in [2.24, 2.45) is 5.73 Å². The number of aliphatic carboxylic acids is 1. The summed E-state index contributed by atoms with van der Waals surface area (Å²) in [6.07, 6.45) is 0. The van der Waals surface area contributed by atoms with Gasteiger partial charge < -0.3 is 15.4 Å². The van der Waals surface area contributed by atoms with E-state index in [2.05, 4.69) is 4.98 Å². The van der Waals surface area contributed by atoms with Gasteiger partial charge in [-0.1, -0.05) is 17.8 Å². The van der Waals surface area contributed by atoms with E-state index >= 15 is 0 Å². The molecule has 3 N–H and O–H groups in total. The van der Waals surface area contributed by atoms with Gasteiger partial charge in [0.2, 0.25) is 5.91 Å². The molecule has 1 heterocycles. The molecule has 2 aromatic rings. The maximum absolute atomic E-state index is 11.8. The van der Waals surface area contributed by atoms with Crippen LogP contribution in [0, 0.1) is 6.92 Å². The molecule has 0 bridgehead atoms. The minimum absolute atomic E-state index is 0.128. The Hall–Kier alpha value is -2.02. The lowest BCUT2D eigenvalue weighted by molar-refractivity contribution is -0.133. The highest BCUT2D eigenvalue weighted by Gasteiger charge is 2.32. The van der Waals surface area contributed by atoms with Crippen LogP contribution in [-0.2, 0) is 15.1 Å². The second kappa shape index (κ2) is 5.40. The van der Waals surface area contributed by atoms with Gasteiger partial charge in [0.15, 0.2) is 5.16 Å². The Labute approximate surface area is 126 Å². The van der Waals surface area contributed by atoms with Gasteiger partial charge in [-0.2, -0.15) is 0 Å². The summed E-state index contributed by atoms with van der Waals surface area (Å²) in [5.41, 5.74) is 7.01. The molecule has 21 heavy (non-hydrogen) atoms. The SMILES string of the molecule is Cc1ccc2nc(SCC(=O)O)n(C(C)(C)C(N)=O)c2c1. The van der Waals surface area contributed by atoms with Crippen LogP contribution in [0.5, 0.6) is 0 Å². The third kappa shape index (κ3) is 2.87. The number of aryl methyl sites for hydroxylation is 1. The number of fused-ring (bicyclic) bond motifs is 1. The number of rotatable bonds is 5. The van der Waals surface area contributed by atoms with E-state index in [1.165, 1.54) is 0 Å². The van der Waals surface area contributed by atoms with Crippen molar-refractivity contribution in [3.8, 4) is 0 Å². The first-order valence-electron chi connectivity index (χ1n) is 6.37. The molecule has 1 amide bonds. The van der Waals surface area contributed by atoms with E-state index in [4.69, 9.17) is 10.8 Å². The molecular formula is C14H17N3O3S. The highest BCUT2D eigenvalue weighted by atomic mass is 32.2. The van der Waals surface area contributed by atoms with Crippen LogP contribution < -0.4 is 5.73 Å². The van der Waals surface area contributed by atoms with Gasteiger partial charge in [0.25, 0.3) is 0 Å². The number of thioether (sulfide) groups is 1. The summed E-state index contributed by atoms with van der Waals surface area (Å²) in [5, 5.41) is 9.32. The number of nitrogens with two attached hydrogens (primary N) is 1. The quantitative estimate of drug-likeness (QED) is 0.820. The number of carboxylic acid groups (broad SMARTS) is 1. The van der Waals surface area contributed by atoms with E-state index in [1.807, 2.05) is 25.1 Å². The number of nitrogens with zero attached hydrogens (tertiary/aromatic N) is 2. The molecule has 7 heteroatoms. The fourth-order valence-corrected chi connectivity index (χ4v) is 2.91. The van der Waals surface area contributed by atoms with Crippen LogP contribution in [0.25, 0.3) is 11.0 Å². The first kappa shape index (κ1) is 15.4. The van der Waals surface area contributed by atoms with Gasteiger partial charge in [-0.3, -0.25) is 9.59 Å². The molecule has 0 unspecified atom stereocenters. The molecule has 0 spiro atoms. The average molecular weight is 307 g/mol. The summed E-state index contributed by atoms with van der Waals surface area (Å²) in [6.45, 7) is 5.34. The largest absolute Gasteiger partial charge is 0.481 e. The predicted molar refractivity (Wildman–Crippen MR) is 81.3 cm³/mol. The summed E-state index contributed by atoms with van der Waals surface area (Å²) >= 11 is 1.08. The van der Waals surface area contributed by atoms with Crippen LogP contribution in [0.2, 0.25) is 0 Å². The fourth-order valence-electron chi connectivity index (χ4n) is 2.04. The minimum Gasteiger partial charge on any atom is -0.481 e. The van der Waals surface area contributed by atoms with Gasteiger partial charge in [0.05, 0.1) is 16.8 Å². The Morgan fingerprint density at radius 3 is 2.67 bits per heavy atom. The molecule has 1 aromatic carbocycles. The molecule has 0 radical (unpaired) electrons. The third-order valence-corrected chi connectivity index (χ3v) is 4.19. The van der Waals surface area contributed by atoms with Crippen LogP contribution >= 0.6 is 11.8 Å². The molecule has 0 aliphatic carbocycles. The summed E-state index contributed by atoms with van der Waals surface area (Å²) in [7, 11) is 0. The maximum atomic E-state index is 11.8. The van der Waals surface area contributed by atoms with Crippen LogP contribution in [0.1, 0.15) is 19.4 Å². The summed E-state index contributed by atoms with van der Waals surface area (Å²) in [6, 6.07) is 5.68. The monoisotopic (exact) mass is 307 g/mol. The Morgan fingerprint density at radius 2 is 2.10 bits per heavy atom. The van der Waals surface area contributed by atoms with Crippen LogP contribution in [-0.4, -0.2) is 32.3 Å². The molecule has 6 nitrogen and oxygen atoms in total. The Morgan fingerprint density at radius 1 is 1.43 bits per heavy atom. The average Bonchev–Trinajstić information content (AvgIpc) is 2.74. The molecule has 2 rings (SSSR count). The molecular weight excluding hydrogens is 290 g/mol. The number of hydrogen-bond donors (Lipinski definition) is 2. The molecule has 0 saturated carbocycles. The Bertz CT molecular complexity index is 722. The molecule has 0 saturated heterocycles. The van der Waals surface area contributed by atoms with Crippen molar-refractivity contribution in [2.45, 2.75) is 31.5 Å². The lowest BCUT2D eigenvalue weighted by atomic mass is 10.0. The lowest BCUT2D eigenvalue weighted by Gasteiger charge is -2.25. The second-order valence-electron chi connectivity index (χ2n) is 5.33. The predicted octanol–water partition coefficient (Wildman–Crippen LogP) is 1.74. The van der Waals surface area contributed by atoms with Crippen molar-refractivity contribution >= 4 is 34.7 Å². The van der Waals surface area contributed by atoms with Crippen molar-refractivity contribution in [3.63, 3.8) is 0 Å². The lowest BCUT2D eigenvalue weighted by Crippen LogP contribution is -2.41. The van der Waals surface area contributed by atoms with Crippen molar-refractivity contribution in [3.05, 3.63) is 23.8 Å². The second-order valence-corrected chi connectivity index (χ2v) is 6.27. The normalized spacial score (nSPS) is 11.8. The highest BCUT2D eigenvalue weighted by Crippen LogP contribution is 2.31. The molecule has 1 aromatic heterocycles. The van der Waals surface area contributed by atoms with E-state index in [9.17, 15) is 9.59 Å². The maximum Gasteiger partial charge on any atom is 0.313 e. The van der Waals surface area contributed by atoms with Crippen molar-refractivity contribution in [1.82, 2.24) is 9.55 Å². The number of carboxylic acids is 1. The smallest absolute Gasteiger partial charge is 0.313 e. The van der Waals surface area contributed by atoms with E-state index < -0.39 is 17.4 Å². The summed E-state index contributed by atoms with van der Waals surface area (Å²) < 4.78 is 1.71. The topological polar surface area (TPSA) is 98.2 Å². The van der Waals surface area contributed by atoms with Gasteiger partial charge in [-0.05, 0) is 38.5 Å². The number of carbonyl (C=O) groups is 2. The molecule has 0 aliphatic heterocycles. The van der Waals surface area contributed by atoms with Crippen LogP contribution in [0.15, 0.2) is 23.4 Å². The van der Waals surface area contributed by atoms with Crippen molar-refractivity contribution in [2.75, 3.05) is 5.75 Å². The fraction of sp³-hybridized carbons (Fsp3) is 0.357. The number of aromatic nitrogens is 2. The third-order valence-electron chi connectivity index (χ3n) is 3.27. The number of imidazole rings is 1. The first-order chi connectivity index (χ1) is 9.73. The van der Waals surface area contributed by atoms with E-state index in [-0.39, 0.29) is 5.75 Å². The van der Waals surface area contributed by atoms with Gasteiger partial charge in [0.1, 0.15) is 5.54 Å². The van der Waals surface area contributed by atoms with Crippen molar-refractivity contribution < 1.29 is 14.7 Å². The van der Waals surface area contributed by atoms with Crippen molar-refractivity contribution in [1.29, 1.82) is 0 Å². The Kier molecular flexibility index (Phi) is 3.95. The van der Waals surface area contributed by atoms with Gasteiger partial charge in [-0.15, -0.1) is 0 Å². The van der Waals surface area contributed by atoms with Gasteiger partial charge in [0, 0.05) is 0 Å². The van der Waals surface area contributed by atoms with Crippen LogP contribution in [0.3, 0.4) is 0 Å².